The van der Waals surface area contributed by atoms with E-state index in [1.807, 2.05) is 12.2 Å². The van der Waals surface area contributed by atoms with E-state index in [0.717, 1.165) is 39.1 Å². The molecule has 3 rings (SSSR count). The first-order chi connectivity index (χ1) is 10.1. The van der Waals surface area contributed by atoms with Crippen LogP contribution in [0.2, 0.25) is 0 Å². The molecule has 0 saturated heterocycles. The first-order valence-corrected chi connectivity index (χ1v) is 6.99. The van der Waals surface area contributed by atoms with E-state index < -0.39 is 0 Å². The molecule has 1 aromatic carbocycles. The zero-order valence-corrected chi connectivity index (χ0v) is 12.4. The second-order valence-corrected chi connectivity index (χ2v) is 5.25. The fourth-order valence-corrected chi connectivity index (χ4v) is 2.76. The Morgan fingerprint density at radius 3 is 2.57 bits per heavy atom. The van der Waals surface area contributed by atoms with E-state index in [9.17, 15) is 0 Å². The topological polar surface area (TPSA) is 28.7 Å². The third-order valence-corrected chi connectivity index (χ3v) is 3.77. The van der Waals surface area contributed by atoms with E-state index in [4.69, 9.17) is 4.98 Å². The molecule has 2 nitrogen and oxygen atoms in total. The van der Waals surface area contributed by atoms with Gasteiger partial charge in [0.05, 0.1) is 11.2 Å². The van der Waals surface area contributed by atoms with E-state index >= 15 is 0 Å². The molecule has 2 heterocycles. The maximum absolute atomic E-state index is 4.80. The molecular formula is C19H18N2. The van der Waals surface area contributed by atoms with Crippen LogP contribution >= 0.6 is 0 Å². The third-order valence-electron chi connectivity index (χ3n) is 3.77. The third kappa shape index (κ3) is 2.19. The molecule has 0 spiro atoms. The van der Waals surface area contributed by atoms with Crippen LogP contribution in [0.4, 0.5) is 0 Å². The number of fused-ring (bicyclic) bond motifs is 1. The number of H-pyrrole nitrogens is 1. The van der Waals surface area contributed by atoms with Crippen LogP contribution in [0, 0.1) is 13.8 Å². The average molecular weight is 274 g/mol. The van der Waals surface area contributed by atoms with Crippen molar-refractivity contribution in [2.24, 2.45) is 0 Å². The van der Waals surface area contributed by atoms with Gasteiger partial charge in [0.2, 0.25) is 0 Å². The molecule has 0 fully saturated rings. The number of pyridine rings is 1. The largest absolute Gasteiger partial charge is 0.358 e. The summed E-state index contributed by atoms with van der Waals surface area (Å²) in [5.41, 5.74) is 7.44. The monoisotopic (exact) mass is 274 g/mol. The molecule has 3 aromatic rings. The maximum Gasteiger partial charge on any atom is 0.0733 e. The van der Waals surface area contributed by atoms with E-state index in [1.54, 1.807) is 0 Å². The van der Waals surface area contributed by atoms with Crippen LogP contribution in [0.15, 0.2) is 43.5 Å². The zero-order chi connectivity index (χ0) is 15.0. The minimum absolute atomic E-state index is 0.961. The summed E-state index contributed by atoms with van der Waals surface area (Å²) in [5, 5.41) is 1.16. The summed E-state index contributed by atoms with van der Waals surface area (Å²) in [6.45, 7) is 11.9. The number of aromatic nitrogens is 2. The van der Waals surface area contributed by atoms with Gasteiger partial charge in [0, 0.05) is 27.9 Å². The lowest BCUT2D eigenvalue weighted by atomic mass is 10.0. The number of aryl methyl sites for hydroxylation is 2. The second-order valence-electron chi connectivity index (χ2n) is 5.25. The molecule has 0 aliphatic carbocycles. The van der Waals surface area contributed by atoms with Crippen molar-refractivity contribution in [3.63, 3.8) is 0 Å². The average Bonchev–Trinajstić information content (AvgIpc) is 2.82. The van der Waals surface area contributed by atoms with Crippen molar-refractivity contribution in [3.05, 3.63) is 66.0 Å². The van der Waals surface area contributed by atoms with Gasteiger partial charge in [0.15, 0.2) is 0 Å². The quantitative estimate of drug-likeness (QED) is 0.704. The molecule has 0 bridgehead atoms. The van der Waals surface area contributed by atoms with Crippen molar-refractivity contribution in [1.29, 1.82) is 0 Å². The molecule has 0 atom stereocenters. The van der Waals surface area contributed by atoms with Gasteiger partial charge in [-0.25, -0.2) is 4.98 Å². The predicted octanol–water partition coefficient (Wildman–Crippen LogP) is 5.13. The number of hydrogen-bond acceptors (Lipinski definition) is 1. The first kappa shape index (κ1) is 13.4. The predicted molar refractivity (Wildman–Crippen MR) is 91.2 cm³/mol. The lowest BCUT2D eigenvalue weighted by Gasteiger charge is -2.05. The smallest absolute Gasteiger partial charge is 0.0733 e. The highest BCUT2D eigenvalue weighted by Crippen LogP contribution is 2.31. The molecule has 2 aromatic heterocycles. The molecule has 0 aliphatic heterocycles. The Morgan fingerprint density at radius 1 is 1.05 bits per heavy atom. The van der Waals surface area contributed by atoms with Crippen LogP contribution in [-0.2, 0) is 0 Å². The lowest BCUT2D eigenvalue weighted by molar-refractivity contribution is 1.24. The van der Waals surface area contributed by atoms with E-state index in [0.29, 0.717) is 0 Å². The SMILES string of the molecule is C=Cc1[nH]c(C)c(-c2ccc3cc(C)ccc3n2)c1C=C. The molecule has 2 heteroatoms. The van der Waals surface area contributed by atoms with Crippen LogP contribution in [0.5, 0.6) is 0 Å². The van der Waals surface area contributed by atoms with Gasteiger partial charge in [-0.3, -0.25) is 0 Å². The molecule has 0 radical (unpaired) electrons. The van der Waals surface area contributed by atoms with Gasteiger partial charge in [0.25, 0.3) is 0 Å². The summed E-state index contributed by atoms with van der Waals surface area (Å²) in [4.78, 5) is 8.14. The summed E-state index contributed by atoms with van der Waals surface area (Å²) < 4.78 is 0. The van der Waals surface area contributed by atoms with Gasteiger partial charge in [-0.2, -0.15) is 0 Å². The number of aromatic amines is 1. The molecule has 0 aliphatic rings. The van der Waals surface area contributed by atoms with Gasteiger partial charge >= 0.3 is 0 Å². The van der Waals surface area contributed by atoms with Crippen molar-refractivity contribution in [3.8, 4) is 11.3 Å². The maximum atomic E-state index is 4.80. The van der Waals surface area contributed by atoms with E-state index in [-0.39, 0.29) is 0 Å². The number of rotatable bonds is 3. The molecule has 21 heavy (non-hydrogen) atoms. The zero-order valence-electron chi connectivity index (χ0n) is 12.4. The van der Waals surface area contributed by atoms with Crippen LogP contribution in [0.25, 0.3) is 34.3 Å². The summed E-state index contributed by atoms with van der Waals surface area (Å²) in [6, 6.07) is 10.5. The Kier molecular flexibility index (Phi) is 3.22. The number of hydrogen-bond donors (Lipinski definition) is 1. The van der Waals surface area contributed by atoms with Crippen molar-refractivity contribution in [2.75, 3.05) is 0 Å². The Bertz CT molecular complexity index is 853. The van der Waals surface area contributed by atoms with Crippen molar-refractivity contribution in [2.45, 2.75) is 13.8 Å². The summed E-state index contributed by atoms with van der Waals surface area (Å²) in [7, 11) is 0. The van der Waals surface area contributed by atoms with E-state index in [2.05, 4.69) is 62.3 Å². The first-order valence-electron chi connectivity index (χ1n) is 6.99. The van der Waals surface area contributed by atoms with Crippen molar-refractivity contribution >= 4 is 23.1 Å². The van der Waals surface area contributed by atoms with Crippen LogP contribution in [-0.4, -0.2) is 9.97 Å². The van der Waals surface area contributed by atoms with Crippen molar-refractivity contribution in [1.82, 2.24) is 9.97 Å². The van der Waals surface area contributed by atoms with E-state index in [1.165, 1.54) is 5.56 Å². The lowest BCUT2D eigenvalue weighted by Crippen LogP contribution is -1.88. The molecule has 0 amide bonds. The van der Waals surface area contributed by atoms with Crippen LogP contribution in [0.3, 0.4) is 0 Å². The fraction of sp³-hybridized carbons (Fsp3) is 0.105. The number of benzene rings is 1. The van der Waals surface area contributed by atoms with Gasteiger partial charge in [0.1, 0.15) is 0 Å². The second kappa shape index (κ2) is 5.06. The molecule has 0 saturated carbocycles. The normalized spacial score (nSPS) is 10.8. The summed E-state index contributed by atoms with van der Waals surface area (Å²) in [6.07, 6.45) is 3.68. The Labute approximate surface area is 124 Å². The highest BCUT2D eigenvalue weighted by atomic mass is 14.8. The highest BCUT2D eigenvalue weighted by molar-refractivity contribution is 5.86. The number of nitrogens with one attached hydrogen (secondary N) is 1. The molecule has 1 N–H and O–H groups in total. The Morgan fingerprint density at radius 2 is 1.86 bits per heavy atom. The Balaban J connectivity index is 2.25. The Hall–Kier alpha value is -2.61. The minimum atomic E-state index is 0.961. The fourth-order valence-electron chi connectivity index (χ4n) is 2.76. The highest BCUT2D eigenvalue weighted by Gasteiger charge is 2.14. The van der Waals surface area contributed by atoms with Gasteiger partial charge in [-0.15, -0.1) is 0 Å². The van der Waals surface area contributed by atoms with Gasteiger partial charge < -0.3 is 4.98 Å². The molecular weight excluding hydrogens is 256 g/mol. The minimum Gasteiger partial charge on any atom is -0.358 e. The summed E-state index contributed by atoms with van der Waals surface area (Å²) in [5.74, 6) is 0. The van der Waals surface area contributed by atoms with Crippen LogP contribution < -0.4 is 0 Å². The van der Waals surface area contributed by atoms with Gasteiger partial charge in [-0.1, -0.05) is 36.9 Å². The summed E-state index contributed by atoms with van der Waals surface area (Å²) >= 11 is 0. The van der Waals surface area contributed by atoms with Gasteiger partial charge in [-0.05, 0) is 38.1 Å². The standard InChI is InChI=1S/C19H18N2/c1-5-15-16(6-2)20-13(4)19(15)18-10-8-14-11-12(3)7-9-17(14)21-18/h5-11,20H,1-2H2,3-4H3. The molecule has 0 unspecified atom stereocenters. The number of nitrogens with zero attached hydrogens (tertiary/aromatic N) is 1. The van der Waals surface area contributed by atoms with Crippen LogP contribution in [0.1, 0.15) is 22.5 Å². The molecule has 104 valence electrons. The van der Waals surface area contributed by atoms with Crippen molar-refractivity contribution < 1.29 is 0 Å².